The van der Waals surface area contributed by atoms with Crippen molar-refractivity contribution in [1.29, 1.82) is 0 Å². The minimum absolute atomic E-state index is 0.0475. The third-order valence-electron chi connectivity index (χ3n) is 6.57. The molecule has 0 aliphatic heterocycles. The van der Waals surface area contributed by atoms with Crippen molar-refractivity contribution in [1.82, 2.24) is 4.98 Å². The van der Waals surface area contributed by atoms with Crippen LogP contribution in [0.15, 0.2) is 73.6 Å². The predicted octanol–water partition coefficient (Wildman–Crippen LogP) is 5.60. The number of anilines is 1. The topological polar surface area (TPSA) is 205 Å². The number of aryl methyl sites for hydroxylation is 2. The number of benzene rings is 2. The number of azo groups is 1. The van der Waals surface area contributed by atoms with E-state index in [1.54, 1.807) is 31.2 Å². The Morgan fingerprint density at radius 1 is 1.09 bits per heavy atom. The van der Waals surface area contributed by atoms with Gasteiger partial charge in [0.1, 0.15) is 26.3 Å². The van der Waals surface area contributed by atoms with Crippen LogP contribution >= 0.6 is 11.3 Å². The highest BCUT2D eigenvalue weighted by Gasteiger charge is 2.25. The molecule has 4 rings (SSSR count). The number of hydrogen-bond donors (Lipinski definition) is 4. The summed E-state index contributed by atoms with van der Waals surface area (Å²) in [5.74, 6) is -1.44. The Morgan fingerprint density at radius 2 is 1.79 bits per heavy atom. The maximum Gasteiger partial charge on any atom is 0.296 e. The second-order valence-corrected chi connectivity index (χ2v) is 13.6. The van der Waals surface area contributed by atoms with Crippen LogP contribution < -0.4 is 10.1 Å². The number of methoxy groups -OCH3 is 1. The summed E-state index contributed by atoms with van der Waals surface area (Å²) in [6, 6.07) is 5.63. The molecular weight excluding hydrogens is 621 g/mol. The fraction of sp³-hybridized carbons (Fsp3) is 0.259. The van der Waals surface area contributed by atoms with Crippen molar-refractivity contribution in [3.8, 4) is 5.75 Å². The fourth-order valence-corrected chi connectivity index (χ4v) is 7.67. The molecule has 2 aromatic carbocycles. The van der Waals surface area contributed by atoms with Crippen molar-refractivity contribution in [2.24, 2.45) is 16.1 Å². The summed E-state index contributed by atoms with van der Waals surface area (Å²) in [6.07, 6.45) is 3.82. The van der Waals surface area contributed by atoms with Crippen LogP contribution in [-0.2, 0) is 25.0 Å². The number of fused-ring (bicyclic) bond motifs is 1. The number of ether oxygens (including phenoxy) is 1. The first-order valence-electron chi connectivity index (χ1n) is 12.6. The lowest BCUT2D eigenvalue weighted by Gasteiger charge is -2.17. The smallest absolute Gasteiger partial charge is 0.296 e. The van der Waals surface area contributed by atoms with E-state index in [0.717, 1.165) is 23.0 Å². The quantitative estimate of drug-likeness (QED) is 0.103. The van der Waals surface area contributed by atoms with Gasteiger partial charge in [-0.2, -0.15) is 21.9 Å². The third kappa shape index (κ3) is 6.83. The second kappa shape index (κ2) is 12.0. The first kappa shape index (κ1) is 32.0. The summed E-state index contributed by atoms with van der Waals surface area (Å²) >= 11 is 1.16. The lowest BCUT2D eigenvalue weighted by Crippen LogP contribution is -2.16. The van der Waals surface area contributed by atoms with Crippen molar-refractivity contribution < 1.29 is 40.6 Å². The molecule has 43 heavy (non-hydrogen) atoms. The molecule has 1 aliphatic carbocycles. The molecule has 1 atom stereocenters. The van der Waals surface area contributed by atoms with E-state index in [2.05, 4.69) is 20.5 Å². The molecule has 13 nitrogen and oxygen atoms in total. The number of allylic oxidation sites excluding steroid dienone is 5. The van der Waals surface area contributed by atoms with Crippen molar-refractivity contribution >= 4 is 59.0 Å². The van der Waals surface area contributed by atoms with Gasteiger partial charge in [0.15, 0.2) is 5.70 Å². The van der Waals surface area contributed by atoms with E-state index < -0.39 is 37.6 Å². The van der Waals surface area contributed by atoms with Crippen LogP contribution in [0.5, 0.6) is 5.75 Å². The molecule has 228 valence electrons. The van der Waals surface area contributed by atoms with Crippen molar-refractivity contribution in [2.75, 3.05) is 12.4 Å². The SMILES string of the molecule is COc1cc(S(=O)(=O)O)c(C)cc1NC(=O)/C(N=NC1=CC=C(c2nc3ccc(C)c(S(=O)(=O)O)c3s2)C(C)C1)=C(/C)O. The standard InChI is InChI=1S/C27H28N4O9S3/c1-13-6-9-19-24(25(13)43(37,38)39)41-27(29-19)18-8-7-17(10-14(18)2)30-31-23(16(4)32)26(33)28-20-11-15(3)22(42(34,35)36)12-21(20)40-5/h6-9,11-12,14,32H,10H2,1-5H3,(H,28,33)(H,34,35,36)(H,37,38,39)/b23-16+,31-30?. The Balaban J connectivity index is 1.60. The first-order valence-corrected chi connectivity index (χ1v) is 16.3. The van der Waals surface area contributed by atoms with Gasteiger partial charge in [0.2, 0.25) is 0 Å². The molecule has 0 fully saturated rings. The molecule has 0 spiro atoms. The van der Waals surface area contributed by atoms with E-state index in [1.165, 1.54) is 27.0 Å². The maximum atomic E-state index is 13.0. The van der Waals surface area contributed by atoms with Crippen LogP contribution in [0.4, 0.5) is 5.69 Å². The van der Waals surface area contributed by atoms with Gasteiger partial charge in [-0.1, -0.05) is 19.1 Å². The van der Waals surface area contributed by atoms with Gasteiger partial charge in [-0.05, 0) is 68.0 Å². The van der Waals surface area contributed by atoms with Gasteiger partial charge in [0.25, 0.3) is 26.1 Å². The monoisotopic (exact) mass is 648 g/mol. The molecule has 1 unspecified atom stereocenters. The highest BCUT2D eigenvalue weighted by molar-refractivity contribution is 7.86. The van der Waals surface area contributed by atoms with Gasteiger partial charge in [-0.3, -0.25) is 13.9 Å². The minimum Gasteiger partial charge on any atom is -0.510 e. The zero-order chi connectivity index (χ0) is 31.9. The normalized spacial score (nSPS) is 16.6. The number of amides is 1. The molecular formula is C27H28N4O9S3. The summed E-state index contributed by atoms with van der Waals surface area (Å²) in [5, 5.41) is 21.3. The van der Waals surface area contributed by atoms with Gasteiger partial charge in [0.05, 0.1) is 28.7 Å². The van der Waals surface area contributed by atoms with Crippen molar-refractivity contribution in [2.45, 2.75) is 43.9 Å². The maximum absolute atomic E-state index is 13.0. The van der Waals surface area contributed by atoms with Crippen LogP contribution in [0.1, 0.15) is 36.4 Å². The number of nitrogens with one attached hydrogen (secondary N) is 1. The van der Waals surface area contributed by atoms with E-state index in [0.29, 0.717) is 32.9 Å². The van der Waals surface area contributed by atoms with E-state index in [9.17, 15) is 35.8 Å². The Bertz CT molecular complexity index is 1990. The van der Waals surface area contributed by atoms with E-state index >= 15 is 0 Å². The Kier molecular flexibility index (Phi) is 8.90. The number of rotatable bonds is 8. The van der Waals surface area contributed by atoms with E-state index in [4.69, 9.17) is 4.74 Å². The number of aliphatic hydroxyl groups is 1. The van der Waals surface area contributed by atoms with Gasteiger partial charge < -0.3 is 15.2 Å². The fourth-order valence-electron chi connectivity index (χ4n) is 4.50. The zero-order valence-electron chi connectivity index (χ0n) is 23.6. The van der Waals surface area contributed by atoms with Crippen LogP contribution in [0, 0.1) is 19.8 Å². The number of aromatic nitrogens is 1. The summed E-state index contributed by atoms with van der Waals surface area (Å²) in [5.41, 5.74) is 1.99. The molecule has 16 heteroatoms. The highest BCUT2D eigenvalue weighted by Crippen LogP contribution is 2.39. The Hall–Kier alpha value is -3.96. The van der Waals surface area contributed by atoms with Crippen LogP contribution in [0.25, 0.3) is 15.8 Å². The van der Waals surface area contributed by atoms with Crippen molar-refractivity contribution in [3.63, 3.8) is 0 Å². The Morgan fingerprint density at radius 3 is 2.37 bits per heavy atom. The molecule has 3 aromatic rings. The summed E-state index contributed by atoms with van der Waals surface area (Å²) < 4.78 is 71.9. The number of carbonyl (C=O) groups is 1. The average Bonchev–Trinajstić information content (AvgIpc) is 3.30. The molecule has 1 amide bonds. The minimum atomic E-state index is -4.53. The molecule has 0 saturated heterocycles. The summed E-state index contributed by atoms with van der Waals surface area (Å²) in [4.78, 5) is 17.0. The van der Waals surface area contributed by atoms with Crippen molar-refractivity contribution in [3.05, 3.63) is 69.7 Å². The number of nitrogens with zero attached hydrogens (tertiary/aromatic N) is 3. The molecule has 1 heterocycles. The molecule has 0 radical (unpaired) electrons. The predicted molar refractivity (Wildman–Crippen MR) is 160 cm³/mol. The molecule has 1 aliphatic rings. The molecule has 1 aromatic heterocycles. The average molecular weight is 649 g/mol. The molecule has 0 saturated carbocycles. The summed E-state index contributed by atoms with van der Waals surface area (Å²) in [6.45, 7) is 6.19. The number of aliphatic hydroxyl groups excluding tert-OH is 1. The van der Waals surface area contributed by atoms with Gasteiger partial charge >= 0.3 is 0 Å². The van der Waals surface area contributed by atoms with Gasteiger partial charge in [-0.25, -0.2) is 4.98 Å². The second-order valence-electron chi connectivity index (χ2n) is 9.82. The number of hydrogen-bond acceptors (Lipinski definition) is 11. The van der Waals surface area contributed by atoms with Crippen LogP contribution in [0.2, 0.25) is 0 Å². The van der Waals surface area contributed by atoms with Crippen LogP contribution in [0.3, 0.4) is 0 Å². The lowest BCUT2D eigenvalue weighted by atomic mass is 9.92. The van der Waals surface area contributed by atoms with E-state index in [1.807, 2.05) is 6.92 Å². The van der Waals surface area contributed by atoms with E-state index in [-0.39, 0.29) is 32.7 Å². The number of carbonyl (C=O) groups excluding carboxylic acids is 1. The van der Waals surface area contributed by atoms with Crippen LogP contribution in [-0.4, -0.2) is 49.0 Å². The molecule has 4 N–H and O–H groups in total. The summed E-state index contributed by atoms with van der Waals surface area (Å²) in [7, 11) is -7.73. The Labute approximate surface area is 251 Å². The highest BCUT2D eigenvalue weighted by atomic mass is 32.2. The lowest BCUT2D eigenvalue weighted by molar-refractivity contribution is -0.113. The molecule has 0 bridgehead atoms. The number of thiazole rings is 1. The van der Waals surface area contributed by atoms with Gasteiger partial charge in [0, 0.05) is 6.07 Å². The zero-order valence-corrected chi connectivity index (χ0v) is 26.1. The third-order valence-corrected chi connectivity index (χ3v) is 9.88. The largest absolute Gasteiger partial charge is 0.510 e. The van der Waals surface area contributed by atoms with Gasteiger partial charge in [-0.15, -0.1) is 16.5 Å². The first-order chi connectivity index (χ1) is 20.0.